The van der Waals surface area contributed by atoms with Gasteiger partial charge < -0.3 is 4.43 Å². The third-order valence-corrected chi connectivity index (χ3v) is 5.26. The van der Waals surface area contributed by atoms with Gasteiger partial charge in [-0.1, -0.05) is 85.0 Å². The first kappa shape index (κ1) is 22.7. The second-order valence-electron chi connectivity index (χ2n) is 8.38. The molecule has 0 rings (SSSR count). The molecule has 0 heterocycles. The summed E-state index contributed by atoms with van der Waals surface area (Å²) < 4.78 is 5.58. The molecule has 2 unspecified atom stereocenters. The normalized spacial score (nSPS) is 14.5. The van der Waals surface area contributed by atoms with Gasteiger partial charge in [-0.05, 0) is 32.0 Å². The highest BCUT2D eigenvalue weighted by atomic mass is 28.4. The van der Waals surface area contributed by atoms with Crippen LogP contribution in [0.25, 0.3) is 0 Å². The van der Waals surface area contributed by atoms with E-state index in [0.29, 0.717) is 0 Å². The van der Waals surface area contributed by atoms with E-state index in [-0.39, 0.29) is 11.9 Å². The molecule has 2 atom stereocenters. The molecule has 2 nitrogen and oxygen atoms in total. The average Bonchev–Trinajstić information content (AvgIpc) is 2.44. The van der Waals surface area contributed by atoms with Crippen LogP contribution in [0.5, 0.6) is 0 Å². The van der Waals surface area contributed by atoms with E-state index in [4.69, 9.17) is 4.43 Å². The molecular formula is C20H42O2Si. The second-order valence-corrected chi connectivity index (χ2v) is 12.8. The Morgan fingerprint density at radius 3 is 1.91 bits per heavy atom. The summed E-state index contributed by atoms with van der Waals surface area (Å²) in [6.45, 7) is 12.9. The molecule has 0 aromatic carbocycles. The third-order valence-electron chi connectivity index (χ3n) is 4.44. The standard InChI is InChI=1S/C20H42O2Si/c1-7-8-9-10-11-12-13-15-18(2)16-14-17-19(3)20(21)22-23(4,5)6/h18-19H,7-17H2,1-6H3. The fourth-order valence-corrected chi connectivity index (χ4v) is 3.69. The van der Waals surface area contributed by atoms with E-state index >= 15 is 0 Å². The monoisotopic (exact) mass is 342 g/mol. The molecule has 138 valence electrons. The van der Waals surface area contributed by atoms with E-state index in [1.165, 1.54) is 57.8 Å². The molecule has 0 spiro atoms. The topological polar surface area (TPSA) is 26.3 Å². The van der Waals surface area contributed by atoms with E-state index in [2.05, 4.69) is 33.5 Å². The van der Waals surface area contributed by atoms with E-state index in [1.807, 2.05) is 6.92 Å². The molecule has 0 aromatic rings. The van der Waals surface area contributed by atoms with Crippen LogP contribution in [0.2, 0.25) is 19.6 Å². The van der Waals surface area contributed by atoms with Gasteiger partial charge in [0.15, 0.2) is 0 Å². The highest BCUT2D eigenvalue weighted by Gasteiger charge is 2.23. The van der Waals surface area contributed by atoms with Gasteiger partial charge in [-0.25, -0.2) is 0 Å². The fraction of sp³-hybridized carbons (Fsp3) is 0.950. The molecule has 0 aliphatic rings. The molecule has 0 aliphatic heterocycles. The SMILES string of the molecule is CCCCCCCCCC(C)CCCC(C)C(=O)O[Si](C)(C)C. The van der Waals surface area contributed by atoms with Crippen molar-refractivity contribution in [1.82, 2.24) is 0 Å². The number of carbonyl (C=O) groups is 1. The van der Waals surface area contributed by atoms with Gasteiger partial charge in [-0.2, -0.15) is 0 Å². The molecule has 23 heavy (non-hydrogen) atoms. The number of hydrogen-bond acceptors (Lipinski definition) is 2. The number of unbranched alkanes of at least 4 members (excludes halogenated alkanes) is 6. The Morgan fingerprint density at radius 2 is 1.35 bits per heavy atom. The van der Waals surface area contributed by atoms with E-state index in [1.54, 1.807) is 0 Å². The largest absolute Gasteiger partial charge is 0.520 e. The summed E-state index contributed by atoms with van der Waals surface area (Å²) in [5.74, 6) is 0.877. The Hall–Kier alpha value is -0.313. The van der Waals surface area contributed by atoms with Gasteiger partial charge in [0, 0.05) is 0 Å². The average molecular weight is 343 g/mol. The molecule has 0 bridgehead atoms. The van der Waals surface area contributed by atoms with Gasteiger partial charge in [0.05, 0.1) is 5.92 Å². The van der Waals surface area contributed by atoms with Gasteiger partial charge in [0.1, 0.15) is 0 Å². The highest BCUT2D eigenvalue weighted by molar-refractivity contribution is 6.71. The lowest BCUT2D eigenvalue weighted by molar-refractivity contribution is -0.139. The summed E-state index contributed by atoms with van der Waals surface area (Å²) in [5.41, 5.74) is 0. The lowest BCUT2D eigenvalue weighted by atomic mass is 9.94. The van der Waals surface area contributed by atoms with E-state index < -0.39 is 8.32 Å². The summed E-state index contributed by atoms with van der Waals surface area (Å²) in [6.07, 6.45) is 14.5. The van der Waals surface area contributed by atoms with Crippen LogP contribution in [0.4, 0.5) is 0 Å². The van der Waals surface area contributed by atoms with Gasteiger partial charge in [0.2, 0.25) is 8.32 Å². The maximum absolute atomic E-state index is 12.0. The molecular weight excluding hydrogens is 300 g/mol. The molecule has 0 aliphatic carbocycles. The Bertz CT molecular complexity index is 297. The van der Waals surface area contributed by atoms with Crippen LogP contribution in [0.1, 0.15) is 91.4 Å². The molecule has 0 fully saturated rings. The third kappa shape index (κ3) is 15.0. The minimum atomic E-state index is -1.73. The molecule has 0 radical (unpaired) electrons. The minimum absolute atomic E-state index is 0.0175. The van der Waals surface area contributed by atoms with Crippen molar-refractivity contribution < 1.29 is 9.22 Å². The van der Waals surface area contributed by atoms with Gasteiger partial charge in [-0.15, -0.1) is 0 Å². The van der Waals surface area contributed by atoms with Crippen molar-refractivity contribution in [1.29, 1.82) is 0 Å². The van der Waals surface area contributed by atoms with E-state index in [0.717, 1.165) is 18.8 Å². The zero-order chi connectivity index (χ0) is 17.7. The molecule has 0 N–H and O–H groups in total. The summed E-state index contributed by atoms with van der Waals surface area (Å²) in [4.78, 5) is 12.0. The summed E-state index contributed by atoms with van der Waals surface area (Å²) >= 11 is 0. The van der Waals surface area contributed by atoms with Gasteiger partial charge in [0.25, 0.3) is 5.97 Å². The van der Waals surface area contributed by atoms with Crippen molar-refractivity contribution in [3.8, 4) is 0 Å². The number of rotatable bonds is 14. The lowest BCUT2D eigenvalue weighted by Gasteiger charge is -2.21. The first-order chi connectivity index (χ1) is 10.8. The van der Waals surface area contributed by atoms with Crippen molar-refractivity contribution in [3.05, 3.63) is 0 Å². The van der Waals surface area contributed by atoms with E-state index in [9.17, 15) is 4.79 Å². The summed E-state index contributed by atoms with van der Waals surface area (Å²) in [6, 6.07) is 0. The van der Waals surface area contributed by atoms with Crippen molar-refractivity contribution in [2.24, 2.45) is 11.8 Å². The van der Waals surface area contributed by atoms with Crippen LogP contribution < -0.4 is 0 Å². The number of carbonyl (C=O) groups excluding carboxylic acids is 1. The Labute approximate surface area is 146 Å². The number of hydrogen-bond donors (Lipinski definition) is 0. The molecule has 0 amide bonds. The Balaban J connectivity index is 3.58. The Kier molecular flexibility index (Phi) is 12.9. The zero-order valence-electron chi connectivity index (χ0n) is 16.7. The molecule has 0 aromatic heterocycles. The molecule has 0 saturated heterocycles. The fourth-order valence-electron chi connectivity index (χ4n) is 2.89. The maximum atomic E-state index is 12.0. The van der Waals surface area contributed by atoms with Gasteiger partial charge >= 0.3 is 0 Å². The van der Waals surface area contributed by atoms with Crippen molar-refractivity contribution in [2.45, 2.75) is 111 Å². The first-order valence-electron chi connectivity index (χ1n) is 9.99. The first-order valence-corrected chi connectivity index (χ1v) is 13.4. The minimum Gasteiger partial charge on any atom is -0.520 e. The highest BCUT2D eigenvalue weighted by Crippen LogP contribution is 2.20. The van der Waals surface area contributed by atoms with Gasteiger partial charge in [-0.3, -0.25) is 4.79 Å². The smallest absolute Gasteiger partial charge is 0.295 e. The quantitative estimate of drug-likeness (QED) is 0.252. The molecule has 0 saturated carbocycles. The van der Waals surface area contributed by atoms with Crippen LogP contribution in [0.3, 0.4) is 0 Å². The van der Waals surface area contributed by atoms with Crippen LogP contribution in [0, 0.1) is 11.8 Å². The maximum Gasteiger partial charge on any atom is 0.295 e. The Morgan fingerprint density at radius 1 is 0.826 bits per heavy atom. The van der Waals surface area contributed by atoms with Crippen LogP contribution in [-0.4, -0.2) is 14.3 Å². The molecule has 3 heteroatoms. The summed E-state index contributed by atoms with van der Waals surface area (Å²) in [5, 5.41) is 0. The van der Waals surface area contributed by atoms with Crippen LogP contribution in [0.15, 0.2) is 0 Å². The summed E-state index contributed by atoms with van der Waals surface area (Å²) in [7, 11) is -1.73. The van der Waals surface area contributed by atoms with Crippen LogP contribution >= 0.6 is 0 Å². The predicted molar refractivity (Wildman–Crippen MR) is 104 cm³/mol. The van der Waals surface area contributed by atoms with Crippen LogP contribution in [-0.2, 0) is 9.22 Å². The zero-order valence-corrected chi connectivity index (χ0v) is 17.7. The predicted octanol–water partition coefficient (Wildman–Crippen LogP) is 6.95. The van der Waals surface area contributed by atoms with Crippen molar-refractivity contribution in [2.75, 3.05) is 0 Å². The second kappa shape index (κ2) is 13.0. The lowest BCUT2D eigenvalue weighted by Crippen LogP contribution is -2.32. The van der Waals surface area contributed by atoms with Crippen molar-refractivity contribution >= 4 is 14.3 Å². The van der Waals surface area contributed by atoms with Crippen molar-refractivity contribution in [3.63, 3.8) is 0 Å².